The standard InChI is InChI=1S/C11H15N5O5/c1-20-9-6-4(14-11(12)15-9)2-13-16(6)10-8(19)7(18)5(3-17)21-10/h2,5,7-8,10,17-19H,3H2,1H3,(H2,12,14,15)/t5-,7-,8-,10-/m1/s1. The van der Waals surface area contributed by atoms with Crippen LogP contribution in [-0.4, -0.2) is 67.1 Å². The Balaban J connectivity index is 2.09. The van der Waals surface area contributed by atoms with E-state index in [1.807, 2.05) is 0 Å². The predicted molar refractivity (Wildman–Crippen MR) is 69.3 cm³/mol. The van der Waals surface area contributed by atoms with Crippen LogP contribution in [0.2, 0.25) is 0 Å². The van der Waals surface area contributed by atoms with Crippen molar-refractivity contribution in [1.29, 1.82) is 0 Å². The average Bonchev–Trinajstić information content (AvgIpc) is 3.00. The van der Waals surface area contributed by atoms with Crippen molar-refractivity contribution in [2.75, 3.05) is 19.5 Å². The molecule has 114 valence electrons. The highest BCUT2D eigenvalue weighted by molar-refractivity contribution is 5.80. The van der Waals surface area contributed by atoms with Crippen LogP contribution in [0.3, 0.4) is 0 Å². The van der Waals surface area contributed by atoms with Gasteiger partial charge in [-0.1, -0.05) is 0 Å². The number of hydrogen-bond acceptors (Lipinski definition) is 9. The molecule has 10 nitrogen and oxygen atoms in total. The summed E-state index contributed by atoms with van der Waals surface area (Å²) in [7, 11) is 1.41. The number of anilines is 1. The Bertz CT molecular complexity index is 662. The Labute approximate surface area is 118 Å². The number of nitrogens with two attached hydrogens (primary N) is 1. The van der Waals surface area contributed by atoms with Crippen LogP contribution in [0, 0.1) is 0 Å². The van der Waals surface area contributed by atoms with Crippen molar-refractivity contribution in [1.82, 2.24) is 19.7 Å². The molecule has 0 unspecified atom stereocenters. The number of aromatic nitrogens is 4. The Morgan fingerprint density at radius 2 is 2.14 bits per heavy atom. The zero-order chi connectivity index (χ0) is 15.1. The van der Waals surface area contributed by atoms with Crippen LogP contribution in [0.25, 0.3) is 11.0 Å². The first-order valence-electron chi connectivity index (χ1n) is 6.24. The Morgan fingerprint density at radius 3 is 2.76 bits per heavy atom. The first-order chi connectivity index (χ1) is 10.1. The third kappa shape index (κ3) is 2.08. The zero-order valence-electron chi connectivity index (χ0n) is 11.1. The molecular formula is C11H15N5O5. The molecule has 1 saturated heterocycles. The van der Waals surface area contributed by atoms with Crippen LogP contribution in [0.15, 0.2) is 6.20 Å². The predicted octanol–water partition coefficient (Wildman–Crippen LogP) is -1.97. The molecular weight excluding hydrogens is 282 g/mol. The van der Waals surface area contributed by atoms with Crippen LogP contribution in [-0.2, 0) is 4.74 Å². The van der Waals surface area contributed by atoms with E-state index >= 15 is 0 Å². The van der Waals surface area contributed by atoms with E-state index in [1.165, 1.54) is 18.0 Å². The van der Waals surface area contributed by atoms with E-state index in [0.717, 1.165) is 0 Å². The summed E-state index contributed by atoms with van der Waals surface area (Å²) in [6, 6.07) is 0. The third-order valence-electron chi connectivity index (χ3n) is 3.38. The van der Waals surface area contributed by atoms with Gasteiger partial charge < -0.3 is 30.5 Å². The first kappa shape index (κ1) is 13.9. The Kier molecular flexibility index (Phi) is 3.37. The minimum absolute atomic E-state index is 0.0278. The number of hydrogen-bond donors (Lipinski definition) is 4. The highest BCUT2D eigenvalue weighted by atomic mass is 16.6. The maximum atomic E-state index is 10.1. The lowest BCUT2D eigenvalue weighted by Gasteiger charge is -2.16. The van der Waals surface area contributed by atoms with E-state index in [9.17, 15) is 10.2 Å². The van der Waals surface area contributed by atoms with Crippen molar-refractivity contribution in [2.45, 2.75) is 24.5 Å². The maximum Gasteiger partial charge on any atom is 0.245 e. The number of aliphatic hydroxyl groups is 3. The van der Waals surface area contributed by atoms with E-state index in [1.54, 1.807) is 0 Å². The molecule has 0 aliphatic carbocycles. The molecule has 4 atom stereocenters. The van der Waals surface area contributed by atoms with Gasteiger partial charge in [-0.3, -0.25) is 0 Å². The molecule has 0 amide bonds. The molecule has 2 aromatic heterocycles. The second-order valence-corrected chi connectivity index (χ2v) is 4.64. The van der Waals surface area contributed by atoms with Gasteiger partial charge in [0, 0.05) is 0 Å². The monoisotopic (exact) mass is 297 g/mol. The number of fused-ring (bicyclic) bond motifs is 1. The number of methoxy groups -OCH3 is 1. The molecule has 1 aliphatic heterocycles. The van der Waals surface area contributed by atoms with Crippen LogP contribution in [0.5, 0.6) is 5.88 Å². The lowest BCUT2D eigenvalue weighted by Crippen LogP contribution is -2.33. The summed E-state index contributed by atoms with van der Waals surface area (Å²) in [6.45, 7) is -0.422. The lowest BCUT2D eigenvalue weighted by molar-refractivity contribution is -0.0565. The molecule has 0 bridgehead atoms. The first-order valence-corrected chi connectivity index (χ1v) is 6.24. The van der Waals surface area contributed by atoms with Crippen LogP contribution in [0.4, 0.5) is 5.95 Å². The number of aliphatic hydroxyl groups excluding tert-OH is 3. The highest BCUT2D eigenvalue weighted by Gasteiger charge is 2.44. The van der Waals surface area contributed by atoms with Crippen molar-refractivity contribution in [3.8, 4) is 5.88 Å². The molecule has 0 spiro atoms. The van der Waals surface area contributed by atoms with Crippen molar-refractivity contribution in [3.05, 3.63) is 6.20 Å². The minimum Gasteiger partial charge on any atom is -0.479 e. The van der Waals surface area contributed by atoms with Crippen LogP contribution < -0.4 is 10.5 Å². The molecule has 1 aliphatic rings. The second-order valence-electron chi connectivity index (χ2n) is 4.64. The van der Waals surface area contributed by atoms with Gasteiger partial charge in [-0.2, -0.15) is 10.1 Å². The van der Waals surface area contributed by atoms with E-state index in [4.69, 9.17) is 20.3 Å². The molecule has 0 saturated carbocycles. The second kappa shape index (κ2) is 5.07. The molecule has 5 N–H and O–H groups in total. The number of rotatable bonds is 3. The van der Waals surface area contributed by atoms with Crippen molar-refractivity contribution in [3.63, 3.8) is 0 Å². The van der Waals surface area contributed by atoms with Crippen LogP contribution in [0.1, 0.15) is 6.23 Å². The molecule has 3 heterocycles. The quantitative estimate of drug-likeness (QED) is 0.506. The summed E-state index contributed by atoms with van der Waals surface area (Å²) in [5, 5.41) is 33.1. The number of nitrogen functional groups attached to an aromatic ring is 1. The van der Waals surface area contributed by atoms with Gasteiger partial charge >= 0.3 is 0 Å². The third-order valence-corrected chi connectivity index (χ3v) is 3.38. The minimum atomic E-state index is -1.26. The molecule has 0 radical (unpaired) electrons. The number of ether oxygens (including phenoxy) is 2. The molecule has 2 aromatic rings. The summed E-state index contributed by atoms with van der Waals surface area (Å²) in [5.74, 6) is 0.202. The SMILES string of the molecule is COc1nc(N)nc2cnn([C@@H]3O[C@H](CO)[C@@H](O)[C@H]3O)c12. The van der Waals surface area contributed by atoms with E-state index in [0.29, 0.717) is 11.0 Å². The van der Waals surface area contributed by atoms with Gasteiger partial charge in [-0.25, -0.2) is 9.67 Å². The van der Waals surface area contributed by atoms with E-state index in [-0.39, 0.29) is 11.8 Å². The zero-order valence-corrected chi connectivity index (χ0v) is 11.1. The van der Waals surface area contributed by atoms with Crippen molar-refractivity contribution in [2.24, 2.45) is 0 Å². The smallest absolute Gasteiger partial charge is 0.245 e. The Hall–Kier alpha value is -2.01. The fraction of sp³-hybridized carbons (Fsp3) is 0.545. The number of nitrogens with zero attached hydrogens (tertiary/aromatic N) is 4. The summed E-state index contributed by atoms with van der Waals surface area (Å²) in [4.78, 5) is 7.96. The summed E-state index contributed by atoms with van der Waals surface area (Å²) in [5.41, 5.74) is 6.35. The Morgan fingerprint density at radius 1 is 1.38 bits per heavy atom. The van der Waals surface area contributed by atoms with Gasteiger partial charge in [0.25, 0.3) is 0 Å². The van der Waals surface area contributed by atoms with Gasteiger partial charge in [0.1, 0.15) is 23.8 Å². The molecule has 21 heavy (non-hydrogen) atoms. The van der Waals surface area contributed by atoms with Gasteiger partial charge in [0.05, 0.1) is 19.9 Å². The normalized spacial score (nSPS) is 29.1. The van der Waals surface area contributed by atoms with Gasteiger partial charge in [0.2, 0.25) is 11.8 Å². The van der Waals surface area contributed by atoms with E-state index < -0.39 is 31.1 Å². The summed E-state index contributed by atoms with van der Waals surface area (Å²) >= 11 is 0. The lowest BCUT2D eigenvalue weighted by atomic mass is 10.1. The maximum absolute atomic E-state index is 10.1. The van der Waals surface area contributed by atoms with Crippen molar-refractivity contribution >= 4 is 17.0 Å². The van der Waals surface area contributed by atoms with Gasteiger partial charge in [0.15, 0.2) is 11.7 Å². The molecule has 1 fully saturated rings. The molecule has 10 heteroatoms. The van der Waals surface area contributed by atoms with Gasteiger partial charge in [-0.15, -0.1) is 0 Å². The largest absolute Gasteiger partial charge is 0.479 e. The highest BCUT2D eigenvalue weighted by Crippen LogP contribution is 2.33. The fourth-order valence-electron chi connectivity index (χ4n) is 2.37. The summed E-state index contributed by atoms with van der Waals surface area (Å²) < 4.78 is 11.9. The fourth-order valence-corrected chi connectivity index (χ4v) is 2.37. The average molecular weight is 297 g/mol. The summed E-state index contributed by atoms with van der Waals surface area (Å²) in [6.07, 6.45) is -2.95. The molecule has 0 aromatic carbocycles. The van der Waals surface area contributed by atoms with Crippen molar-refractivity contribution < 1.29 is 24.8 Å². The topological polar surface area (TPSA) is 149 Å². The van der Waals surface area contributed by atoms with Crippen LogP contribution >= 0.6 is 0 Å². The molecule has 3 rings (SSSR count). The van der Waals surface area contributed by atoms with E-state index in [2.05, 4.69) is 15.1 Å². The van der Waals surface area contributed by atoms with Gasteiger partial charge in [-0.05, 0) is 0 Å².